The highest BCUT2D eigenvalue weighted by molar-refractivity contribution is 7.86. The van der Waals surface area contributed by atoms with Gasteiger partial charge in [-0.3, -0.25) is 13.9 Å². The Bertz CT molecular complexity index is 1210. The number of aryl methyl sites for hydroxylation is 1. The van der Waals surface area contributed by atoms with E-state index >= 15 is 0 Å². The Kier molecular flexibility index (Phi) is 5.58. The van der Waals surface area contributed by atoms with E-state index in [9.17, 15) is 31.2 Å². The molecule has 13 heteroatoms. The number of halogens is 3. The topological polar surface area (TPSA) is 97.5 Å². The molecule has 1 aliphatic rings. The van der Waals surface area contributed by atoms with Crippen LogP contribution in [0.5, 0.6) is 0 Å². The lowest BCUT2D eigenvalue weighted by Gasteiger charge is -2.32. The molecule has 0 aromatic carbocycles. The van der Waals surface area contributed by atoms with Crippen molar-refractivity contribution in [3.05, 3.63) is 38.2 Å². The van der Waals surface area contributed by atoms with Gasteiger partial charge in [-0.1, -0.05) is 0 Å². The maximum absolute atomic E-state index is 13.8. The summed E-state index contributed by atoms with van der Waals surface area (Å²) in [5, 5.41) is -0.663. The van der Waals surface area contributed by atoms with Gasteiger partial charge in [0.15, 0.2) is 0 Å². The second-order valence-corrected chi connectivity index (χ2v) is 9.60. The van der Waals surface area contributed by atoms with E-state index in [0.29, 0.717) is 4.57 Å². The predicted octanol–water partition coefficient (Wildman–Crippen LogP) is 0.637. The molecule has 9 nitrogen and oxygen atoms in total. The molecule has 1 saturated heterocycles. The third kappa shape index (κ3) is 3.65. The van der Waals surface area contributed by atoms with Gasteiger partial charge in [0.1, 0.15) is 5.65 Å². The second-order valence-electron chi connectivity index (χ2n) is 7.46. The van der Waals surface area contributed by atoms with Crippen LogP contribution >= 0.6 is 0 Å². The molecule has 1 aliphatic heterocycles. The minimum atomic E-state index is -4.82. The lowest BCUT2D eigenvalue weighted by molar-refractivity contribution is -0.136. The summed E-state index contributed by atoms with van der Waals surface area (Å²) in [6.45, 7) is 0.253. The zero-order valence-corrected chi connectivity index (χ0v) is 17.7. The van der Waals surface area contributed by atoms with Crippen LogP contribution in [0.4, 0.5) is 13.2 Å². The van der Waals surface area contributed by atoms with Crippen LogP contribution in [-0.2, 0) is 30.5 Å². The molecule has 3 heterocycles. The van der Waals surface area contributed by atoms with Crippen LogP contribution in [0.15, 0.2) is 15.7 Å². The van der Waals surface area contributed by atoms with Crippen molar-refractivity contribution in [2.75, 3.05) is 27.2 Å². The van der Waals surface area contributed by atoms with E-state index in [-0.39, 0.29) is 37.3 Å². The van der Waals surface area contributed by atoms with Crippen molar-refractivity contribution in [2.45, 2.75) is 24.9 Å². The molecule has 0 bridgehead atoms. The first-order valence-electron chi connectivity index (χ1n) is 9.12. The van der Waals surface area contributed by atoms with E-state index < -0.39 is 44.5 Å². The molecule has 0 atom stereocenters. The molecule has 0 saturated carbocycles. The SMILES string of the molecule is CN(C)S(=O)(=O)N1CCC(c2cc(C(F)(F)F)c3c(=O)n(C)c(=O)n(C)c3n2)CC1. The van der Waals surface area contributed by atoms with Crippen LogP contribution in [0.3, 0.4) is 0 Å². The largest absolute Gasteiger partial charge is 0.417 e. The Morgan fingerprint density at radius 2 is 1.67 bits per heavy atom. The molecule has 3 rings (SSSR count). The molecule has 0 radical (unpaired) electrons. The molecular weight excluding hydrogens is 427 g/mol. The van der Waals surface area contributed by atoms with E-state index in [4.69, 9.17) is 0 Å². The predicted molar refractivity (Wildman–Crippen MR) is 103 cm³/mol. The van der Waals surface area contributed by atoms with Crippen LogP contribution in [0.25, 0.3) is 11.0 Å². The maximum atomic E-state index is 13.8. The fraction of sp³-hybridized carbons (Fsp3) is 0.588. The number of pyridine rings is 1. The number of alkyl halides is 3. The first kappa shape index (κ1) is 22.4. The van der Waals surface area contributed by atoms with Crippen LogP contribution < -0.4 is 11.2 Å². The van der Waals surface area contributed by atoms with Gasteiger partial charge in [0.2, 0.25) is 0 Å². The van der Waals surface area contributed by atoms with E-state index in [0.717, 1.165) is 22.0 Å². The van der Waals surface area contributed by atoms with E-state index in [1.54, 1.807) is 0 Å². The number of fused-ring (bicyclic) bond motifs is 1. The summed E-state index contributed by atoms with van der Waals surface area (Å²) in [5.74, 6) is -0.441. The third-order valence-electron chi connectivity index (χ3n) is 5.40. The number of hydrogen-bond acceptors (Lipinski definition) is 5. The lowest BCUT2D eigenvalue weighted by atomic mass is 9.92. The summed E-state index contributed by atoms with van der Waals surface area (Å²) in [6, 6.07) is 0.842. The fourth-order valence-corrected chi connectivity index (χ4v) is 4.75. The van der Waals surface area contributed by atoms with E-state index in [2.05, 4.69) is 4.98 Å². The van der Waals surface area contributed by atoms with Crippen molar-refractivity contribution in [1.82, 2.24) is 22.7 Å². The molecule has 0 N–H and O–H groups in total. The van der Waals surface area contributed by atoms with Crippen LogP contribution in [0.1, 0.15) is 30.0 Å². The van der Waals surface area contributed by atoms with Crippen LogP contribution in [0.2, 0.25) is 0 Å². The van der Waals surface area contributed by atoms with Gasteiger partial charge in [0, 0.05) is 52.9 Å². The number of piperidine rings is 1. The Balaban J connectivity index is 2.11. The Labute approximate surface area is 170 Å². The van der Waals surface area contributed by atoms with Gasteiger partial charge in [-0.05, 0) is 18.9 Å². The molecular formula is C17H22F3N5O4S. The maximum Gasteiger partial charge on any atom is 0.417 e. The monoisotopic (exact) mass is 449 g/mol. The molecule has 30 heavy (non-hydrogen) atoms. The van der Waals surface area contributed by atoms with E-state index in [1.165, 1.54) is 25.4 Å². The normalized spacial score (nSPS) is 17.2. The Morgan fingerprint density at radius 3 is 2.17 bits per heavy atom. The molecule has 0 amide bonds. The van der Waals surface area contributed by atoms with Crippen LogP contribution in [0, 0.1) is 0 Å². The zero-order valence-electron chi connectivity index (χ0n) is 16.9. The summed E-state index contributed by atoms with van der Waals surface area (Å²) >= 11 is 0. The van der Waals surface area contributed by atoms with Crippen molar-refractivity contribution in [1.29, 1.82) is 0 Å². The molecule has 2 aromatic heterocycles. The quantitative estimate of drug-likeness (QED) is 0.685. The number of aromatic nitrogens is 3. The Hall–Kier alpha value is -2.25. The smallest absolute Gasteiger partial charge is 0.280 e. The van der Waals surface area contributed by atoms with Crippen molar-refractivity contribution >= 4 is 21.2 Å². The summed E-state index contributed by atoms with van der Waals surface area (Å²) in [5.41, 5.74) is -3.25. The zero-order chi connectivity index (χ0) is 22.6. The molecule has 0 unspecified atom stereocenters. The fourth-order valence-electron chi connectivity index (χ4n) is 3.62. The summed E-state index contributed by atoms with van der Waals surface area (Å²) in [4.78, 5) is 28.8. The van der Waals surface area contributed by atoms with Crippen LogP contribution in [-0.4, -0.2) is 58.3 Å². The van der Waals surface area contributed by atoms with Gasteiger partial charge in [-0.25, -0.2) is 9.78 Å². The average Bonchev–Trinajstić information content (AvgIpc) is 2.69. The number of rotatable bonds is 3. The highest BCUT2D eigenvalue weighted by atomic mass is 32.2. The van der Waals surface area contributed by atoms with E-state index in [1.807, 2.05) is 0 Å². The average molecular weight is 449 g/mol. The minimum absolute atomic E-state index is 0.0833. The second kappa shape index (κ2) is 7.46. The first-order chi connectivity index (χ1) is 13.8. The lowest BCUT2D eigenvalue weighted by Crippen LogP contribution is -2.44. The molecule has 166 valence electrons. The van der Waals surface area contributed by atoms with Gasteiger partial charge in [0.05, 0.1) is 10.9 Å². The highest BCUT2D eigenvalue weighted by Gasteiger charge is 2.37. The molecule has 2 aromatic rings. The van der Waals surface area contributed by atoms with Gasteiger partial charge in [-0.15, -0.1) is 0 Å². The van der Waals surface area contributed by atoms with Gasteiger partial charge >= 0.3 is 11.9 Å². The van der Waals surface area contributed by atoms with Gasteiger partial charge < -0.3 is 0 Å². The summed E-state index contributed by atoms with van der Waals surface area (Å²) in [7, 11) is 1.56. The highest BCUT2D eigenvalue weighted by Crippen LogP contribution is 2.36. The standard InChI is InChI=1S/C17H22F3N5O4S/c1-22(2)30(28,29)25-7-5-10(6-8-25)12-9-11(17(18,19)20)13-14(21-12)23(3)16(27)24(4)15(13)26/h9-10H,5-8H2,1-4H3. The Morgan fingerprint density at radius 1 is 1.10 bits per heavy atom. The third-order valence-corrected chi connectivity index (χ3v) is 7.34. The first-order valence-corrected chi connectivity index (χ1v) is 10.5. The van der Waals surface area contributed by atoms with Crippen molar-refractivity contribution in [3.8, 4) is 0 Å². The number of hydrogen-bond donors (Lipinski definition) is 0. The molecule has 0 aliphatic carbocycles. The molecule has 1 fully saturated rings. The van der Waals surface area contributed by atoms with Crippen molar-refractivity contribution in [3.63, 3.8) is 0 Å². The van der Waals surface area contributed by atoms with Gasteiger partial charge in [0.25, 0.3) is 15.8 Å². The minimum Gasteiger partial charge on any atom is -0.280 e. The van der Waals surface area contributed by atoms with Crippen molar-refractivity contribution < 1.29 is 21.6 Å². The summed E-state index contributed by atoms with van der Waals surface area (Å²) in [6.07, 6.45) is -4.29. The van der Waals surface area contributed by atoms with Crippen molar-refractivity contribution in [2.24, 2.45) is 14.1 Å². The van der Waals surface area contributed by atoms with Gasteiger partial charge in [-0.2, -0.15) is 30.2 Å². The summed E-state index contributed by atoms with van der Waals surface area (Å²) < 4.78 is 69.7. The number of nitrogens with zero attached hydrogens (tertiary/aromatic N) is 5. The molecule has 0 spiro atoms.